The number of fused-ring (bicyclic) bond motifs is 1. The van der Waals surface area contributed by atoms with Gasteiger partial charge in [-0.15, -0.1) is 0 Å². The molecule has 0 atom stereocenters. The Bertz CT molecular complexity index is 799. The number of piperidine rings is 1. The summed E-state index contributed by atoms with van der Waals surface area (Å²) in [6.07, 6.45) is 5.15. The van der Waals surface area contributed by atoms with E-state index in [4.69, 9.17) is 5.73 Å². The van der Waals surface area contributed by atoms with E-state index >= 15 is 0 Å². The molecule has 124 valence electrons. The van der Waals surface area contributed by atoms with E-state index < -0.39 is 10.0 Å². The lowest BCUT2D eigenvalue weighted by molar-refractivity contribution is 0.330. The van der Waals surface area contributed by atoms with Crippen molar-refractivity contribution in [2.75, 3.05) is 29.9 Å². The molecule has 2 heterocycles. The van der Waals surface area contributed by atoms with Crippen molar-refractivity contribution < 1.29 is 8.42 Å². The quantitative estimate of drug-likeness (QED) is 0.835. The van der Waals surface area contributed by atoms with Crippen LogP contribution >= 0.6 is 0 Å². The monoisotopic (exact) mass is 334 g/mol. The molecule has 1 aliphatic heterocycles. The summed E-state index contributed by atoms with van der Waals surface area (Å²) in [5.74, 6) is 0.163. The van der Waals surface area contributed by atoms with Crippen LogP contribution in [0.2, 0.25) is 0 Å². The van der Waals surface area contributed by atoms with E-state index in [2.05, 4.69) is 10.3 Å². The van der Waals surface area contributed by atoms with Crippen LogP contribution in [0.4, 0.5) is 11.4 Å². The van der Waals surface area contributed by atoms with Crippen molar-refractivity contribution in [2.45, 2.75) is 25.8 Å². The maximum atomic E-state index is 11.9. The lowest BCUT2D eigenvalue weighted by Crippen LogP contribution is -2.42. The smallest absolute Gasteiger partial charge is 0.213 e. The molecule has 1 fully saturated rings. The average Bonchev–Trinajstić information content (AvgIpc) is 2.55. The number of rotatable bonds is 4. The van der Waals surface area contributed by atoms with E-state index in [-0.39, 0.29) is 11.8 Å². The van der Waals surface area contributed by atoms with Gasteiger partial charge in [0, 0.05) is 48.3 Å². The zero-order valence-corrected chi connectivity index (χ0v) is 14.0. The van der Waals surface area contributed by atoms with Crippen LogP contribution in [0.3, 0.4) is 0 Å². The van der Waals surface area contributed by atoms with Crippen LogP contribution in [0.5, 0.6) is 0 Å². The fourth-order valence-corrected chi connectivity index (χ4v) is 4.15. The molecule has 0 spiro atoms. The van der Waals surface area contributed by atoms with Gasteiger partial charge in [0.25, 0.3) is 0 Å². The summed E-state index contributed by atoms with van der Waals surface area (Å²) in [7, 11) is -3.08. The summed E-state index contributed by atoms with van der Waals surface area (Å²) < 4.78 is 25.4. The molecule has 1 saturated heterocycles. The van der Waals surface area contributed by atoms with Gasteiger partial charge < -0.3 is 11.1 Å². The number of sulfonamides is 1. The van der Waals surface area contributed by atoms with Crippen molar-refractivity contribution in [1.29, 1.82) is 0 Å². The molecule has 0 amide bonds. The van der Waals surface area contributed by atoms with Gasteiger partial charge in [-0.2, -0.15) is 0 Å². The summed E-state index contributed by atoms with van der Waals surface area (Å²) in [6.45, 7) is 2.81. The number of benzene rings is 1. The van der Waals surface area contributed by atoms with Crippen molar-refractivity contribution in [2.24, 2.45) is 0 Å². The number of nitrogens with two attached hydrogens (primary N) is 1. The van der Waals surface area contributed by atoms with Crippen LogP contribution in [-0.4, -0.2) is 42.6 Å². The molecule has 0 bridgehead atoms. The Kier molecular flexibility index (Phi) is 4.41. The fraction of sp³-hybridized carbons (Fsp3) is 0.438. The first-order valence-electron chi connectivity index (χ1n) is 7.87. The zero-order valence-electron chi connectivity index (χ0n) is 13.2. The number of hydrogen-bond acceptors (Lipinski definition) is 5. The minimum absolute atomic E-state index is 0.163. The van der Waals surface area contributed by atoms with Crippen molar-refractivity contribution in [3.63, 3.8) is 0 Å². The van der Waals surface area contributed by atoms with E-state index in [9.17, 15) is 8.42 Å². The summed E-state index contributed by atoms with van der Waals surface area (Å²) in [4.78, 5) is 4.18. The maximum absolute atomic E-state index is 11.9. The Morgan fingerprint density at radius 2 is 2.09 bits per heavy atom. The van der Waals surface area contributed by atoms with Gasteiger partial charge in [0.2, 0.25) is 10.0 Å². The molecule has 1 aliphatic rings. The van der Waals surface area contributed by atoms with Crippen LogP contribution in [0.25, 0.3) is 10.8 Å². The summed E-state index contributed by atoms with van der Waals surface area (Å²) in [5, 5.41) is 5.60. The third kappa shape index (κ3) is 3.40. The van der Waals surface area contributed by atoms with Gasteiger partial charge >= 0.3 is 0 Å². The minimum atomic E-state index is -3.08. The largest absolute Gasteiger partial charge is 0.399 e. The Morgan fingerprint density at radius 3 is 2.78 bits per heavy atom. The number of nitrogens with one attached hydrogen (secondary N) is 1. The molecule has 3 rings (SSSR count). The van der Waals surface area contributed by atoms with E-state index in [1.807, 2.05) is 24.4 Å². The van der Waals surface area contributed by atoms with Gasteiger partial charge in [-0.25, -0.2) is 12.7 Å². The lowest BCUT2D eigenvalue weighted by atomic mass is 10.0. The molecule has 2 aromatic rings. The molecular weight excluding hydrogens is 312 g/mol. The second-order valence-corrected chi connectivity index (χ2v) is 8.14. The highest BCUT2D eigenvalue weighted by atomic mass is 32.2. The first kappa shape index (κ1) is 16.0. The van der Waals surface area contributed by atoms with E-state index in [0.29, 0.717) is 18.8 Å². The first-order valence-corrected chi connectivity index (χ1v) is 9.48. The van der Waals surface area contributed by atoms with E-state index in [0.717, 1.165) is 29.3 Å². The van der Waals surface area contributed by atoms with Crippen LogP contribution in [0.1, 0.15) is 19.8 Å². The third-order valence-electron chi connectivity index (χ3n) is 4.35. The molecule has 3 N–H and O–H groups in total. The Morgan fingerprint density at radius 1 is 1.35 bits per heavy atom. The van der Waals surface area contributed by atoms with E-state index in [1.54, 1.807) is 17.4 Å². The Hall–Kier alpha value is -1.86. The maximum Gasteiger partial charge on any atom is 0.213 e. The molecular formula is C16H22N4O2S. The van der Waals surface area contributed by atoms with Crippen LogP contribution in [0, 0.1) is 0 Å². The molecule has 1 aromatic carbocycles. The van der Waals surface area contributed by atoms with Gasteiger partial charge in [0.15, 0.2) is 0 Å². The first-order chi connectivity index (χ1) is 11.0. The van der Waals surface area contributed by atoms with Gasteiger partial charge in [-0.05, 0) is 43.4 Å². The van der Waals surface area contributed by atoms with Crippen molar-refractivity contribution >= 4 is 32.2 Å². The van der Waals surface area contributed by atoms with Gasteiger partial charge in [0.1, 0.15) is 0 Å². The lowest BCUT2D eigenvalue weighted by Gasteiger charge is -2.32. The Labute approximate surface area is 136 Å². The minimum Gasteiger partial charge on any atom is -0.399 e. The molecule has 0 unspecified atom stereocenters. The second-order valence-electron chi connectivity index (χ2n) is 5.88. The number of nitrogens with zero attached hydrogens (tertiary/aromatic N) is 2. The van der Waals surface area contributed by atoms with Gasteiger partial charge in [-0.1, -0.05) is 0 Å². The highest BCUT2D eigenvalue weighted by Gasteiger charge is 2.26. The van der Waals surface area contributed by atoms with Crippen LogP contribution < -0.4 is 11.1 Å². The van der Waals surface area contributed by atoms with Crippen molar-refractivity contribution in [3.8, 4) is 0 Å². The molecule has 7 heteroatoms. The van der Waals surface area contributed by atoms with Crippen molar-refractivity contribution in [3.05, 3.63) is 30.6 Å². The highest BCUT2D eigenvalue weighted by molar-refractivity contribution is 7.89. The number of pyridine rings is 1. The topological polar surface area (TPSA) is 88.3 Å². The highest BCUT2D eigenvalue weighted by Crippen LogP contribution is 2.28. The average molecular weight is 334 g/mol. The van der Waals surface area contributed by atoms with Crippen LogP contribution in [-0.2, 0) is 10.0 Å². The molecule has 6 nitrogen and oxygen atoms in total. The second kappa shape index (κ2) is 6.33. The number of aromatic nitrogens is 1. The Balaban J connectivity index is 1.75. The summed E-state index contributed by atoms with van der Waals surface area (Å²) in [5.41, 5.74) is 7.65. The predicted molar refractivity (Wildman–Crippen MR) is 93.8 cm³/mol. The van der Waals surface area contributed by atoms with Crippen LogP contribution in [0.15, 0.2) is 30.6 Å². The van der Waals surface area contributed by atoms with Gasteiger partial charge in [0.05, 0.1) is 5.75 Å². The summed E-state index contributed by atoms with van der Waals surface area (Å²) in [6, 6.07) is 6.02. The fourth-order valence-electron chi connectivity index (χ4n) is 3.02. The zero-order chi connectivity index (χ0) is 16.4. The summed E-state index contributed by atoms with van der Waals surface area (Å²) >= 11 is 0. The molecule has 23 heavy (non-hydrogen) atoms. The standard InChI is InChI=1S/C16H22N4O2S/c1-2-23(21,22)20-7-4-14(5-8-20)19-16-10-13(17)9-12-3-6-18-11-15(12)16/h3,6,9-11,14,19H,2,4-5,7-8,17H2,1H3. The molecule has 0 radical (unpaired) electrons. The SMILES string of the molecule is CCS(=O)(=O)N1CCC(Nc2cc(N)cc3ccncc23)CC1. The number of nitrogen functional groups attached to an aromatic ring is 1. The predicted octanol–water partition coefficient (Wildman–Crippen LogP) is 2.04. The van der Waals surface area contributed by atoms with Gasteiger partial charge in [-0.3, -0.25) is 4.98 Å². The molecule has 0 aliphatic carbocycles. The van der Waals surface area contributed by atoms with E-state index in [1.165, 1.54) is 0 Å². The van der Waals surface area contributed by atoms with Crippen molar-refractivity contribution in [1.82, 2.24) is 9.29 Å². The number of hydrogen-bond donors (Lipinski definition) is 2. The molecule has 1 aromatic heterocycles. The number of anilines is 2. The molecule has 0 saturated carbocycles. The third-order valence-corrected chi connectivity index (χ3v) is 6.23. The normalized spacial score (nSPS) is 17.4.